The molecule has 13 heteroatoms. The monoisotopic (exact) mass is 810 g/mol. The number of sulfonamides is 1. The maximum Gasteiger partial charge on any atom is 0.325 e. The fourth-order valence-electron chi connectivity index (χ4n) is 6.09. The number of benzene rings is 3. The topological polar surface area (TPSA) is 156 Å². The van der Waals surface area contributed by atoms with Gasteiger partial charge < -0.3 is 15.2 Å². The second-order valence-corrected chi connectivity index (χ2v) is 18.1. The Labute approximate surface area is 339 Å². The Kier molecular flexibility index (Phi) is 14.1. The summed E-state index contributed by atoms with van der Waals surface area (Å²) in [6.45, 7) is 10.3. The van der Waals surface area contributed by atoms with Crippen LogP contribution >= 0.6 is 11.3 Å². The number of ketones is 1. The number of carbonyl (C=O) groups excluding carboxylic acids is 2. The third-order valence-electron chi connectivity index (χ3n) is 9.60. The molecule has 11 nitrogen and oxygen atoms in total. The molecular formula is C44H50N4O7S2. The molecule has 0 aliphatic rings. The van der Waals surface area contributed by atoms with Crippen molar-refractivity contribution in [1.82, 2.24) is 19.6 Å². The summed E-state index contributed by atoms with van der Waals surface area (Å²) in [7, 11) is -2.18. The van der Waals surface area contributed by atoms with E-state index in [1.54, 1.807) is 49.8 Å². The van der Waals surface area contributed by atoms with Crippen LogP contribution in [0.25, 0.3) is 22.5 Å². The van der Waals surface area contributed by atoms with Gasteiger partial charge in [0, 0.05) is 53.8 Å². The van der Waals surface area contributed by atoms with Crippen LogP contribution in [0.15, 0.2) is 102 Å². The number of amides is 1. The molecule has 5 aromatic rings. The molecule has 0 bridgehead atoms. The van der Waals surface area contributed by atoms with Gasteiger partial charge in [0.15, 0.2) is 11.6 Å². The summed E-state index contributed by atoms with van der Waals surface area (Å²) >= 11 is 1.41. The summed E-state index contributed by atoms with van der Waals surface area (Å²) in [5, 5.41) is 11.9. The SMILES string of the molecule is CCCCN(Cc1ccc(OC)cc1)S(=O)(=O)c1ccc(-c2cnc(-c3ccc(C[C@H](CC(=O)c4ccc(C(C)(C)C)s4)C(=O)N[C@H](C)C(=O)O)cc3)nc2)cc1. The van der Waals surface area contributed by atoms with Crippen molar-refractivity contribution >= 4 is 39.0 Å². The minimum absolute atomic E-state index is 0.0672. The number of nitrogens with zero attached hydrogens (tertiary/aromatic N) is 3. The van der Waals surface area contributed by atoms with Crippen LogP contribution in [0.2, 0.25) is 0 Å². The lowest BCUT2D eigenvalue weighted by Crippen LogP contribution is -2.42. The molecule has 0 radical (unpaired) electrons. The van der Waals surface area contributed by atoms with E-state index in [4.69, 9.17) is 4.74 Å². The second kappa shape index (κ2) is 18.8. The Morgan fingerprint density at radius 2 is 1.47 bits per heavy atom. The van der Waals surface area contributed by atoms with Gasteiger partial charge in [0.1, 0.15) is 11.8 Å². The minimum atomic E-state index is -3.77. The smallest absolute Gasteiger partial charge is 0.325 e. The van der Waals surface area contributed by atoms with E-state index < -0.39 is 33.9 Å². The summed E-state index contributed by atoms with van der Waals surface area (Å²) in [6, 6.07) is 24.1. The highest BCUT2D eigenvalue weighted by atomic mass is 32.2. The van der Waals surface area contributed by atoms with Crippen LogP contribution in [0.3, 0.4) is 0 Å². The number of carbonyl (C=O) groups is 3. The average molecular weight is 811 g/mol. The van der Waals surface area contributed by atoms with Crippen LogP contribution < -0.4 is 10.1 Å². The first-order valence-corrected chi connectivity index (χ1v) is 21.2. The number of hydrogen-bond donors (Lipinski definition) is 2. The fourth-order valence-corrected chi connectivity index (χ4v) is 8.57. The van der Waals surface area contributed by atoms with Crippen LogP contribution in [-0.2, 0) is 38.0 Å². The van der Waals surface area contributed by atoms with Gasteiger partial charge in [0.25, 0.3) is 0 Å². The summed E-state index contributed by atoms with van der Waals surface area (Å²) < 4.78 is 34.3. The number of nitrogens with one attached hydrogen (secondary N) is 1. The zero-order valence-corrected chi connectivity index (χ0v) is 34.8. The molecule has 0 saturated heterocycles. The molecule has 2 aromatic heterocycles. The van der Waals surface area contributed by atoms with Crippen LogP contribution in [0.5, 0.6) is 5.75 Å². The number of carboxylic acids is 1. The van der Waals surface area contributed by atoms with Gasteiger partial charge in [-0.2, -0.15) is 4.31 Å². The Balaban J connectivity index is 1.27. The van der Waals surface area contributed by atoms with Crippen molar-refractivity contribution in [2.45, 2.75) is 83.2 Å². The number of aliphatic carboxylic acids is 1. The summed E-state index contributed by atoms with van der Waals surface area (Å²) in [4.78, 5) is 49.1. The molecule has 57 heavy (non-hydrogen) atoms. The Bertz CT molecular complexity index is 2250. The molecule has 3 aromatic carbocycles. The predicted molar refractivity (Wildman–Crippen MR) is 223 cm³/mol. The highest BCUT2D eigenvalue weighted by Crippen LogP contribution is 2.31. The van der Waals surface area contributed by atoms with Crippen molar-refractivity contribution in [3.05, 3.63) is 118 Å². The van der Waals surface area contributed by atoms with Crippen molar-refractivity contribution < 1.29 is 32.6 Å². The Morgan fingerprint density at radius 1 is 0.860 bits per heavy atom. The van der Waals surface area contributed by atoms with Crippen LogP contribution in [0.1, 0.15) is 79.6 Å². The largest absolute Gasteiger partial charge is 0.497 e. The van der Waals surface area contributed by atoms with Gasteiger partial charge in [0.2, 0.25) is 15.9 Å². The molecule has 2 heterocycles. The van der Waals surface area contributed by atoms with Crippen molar-refractivity contribution in [2.24, 2.45) is 5.92 Å². The zero-order valence-electron chi connectivity index (χ0n) is 33.2. The van der Waals surface area contributed by atoms with Crippen molar-refractivity contribution in [1.29, 1.82) is 0 Å². The fraction of sp³-hybridized carbons (Fsp3) is 0.341. The molecule has 5 rings (SSSR count). The number of aromatic nitrogens is 2. The Morgan fingerprint density at radius 3 is 2.04 bits per heavy atom. The van der Waals surface area contributed by atoms with E-state index in [0.717, 1.165) is 45.5 Å². The van der Waals surface area contributed by atoms with Gasteiger partial charge in [-0.25, -0.2) is 18.4 Å². The molecule has 2 N–H and O–H groups in total. The van der Waals surface area contributed by atoms with E-state index in [2.05, 4.69) is 36.1 Å². The third-order valence-corrected chi connectivity index (χ3v) is 13.0. The quantitative estimate of drug-likeness (QED) is 0.0834. The average Bonchev–Trinajstić information content (AvgIpc) is 3.72. The maximum atomic E-state index is 13.8. The molecule has 0 unspecified atom stereocenters. The minimum Gasteiger partial charge on any atom is -0.497 e. The molecule has 0 spiro atoms. The number of Topliss-reactive ketones (excluding diaryl/α,β-unsaturated/α-hetero) is 1. The van der Waals surface area contributed by atoms with Crippen molar-refractivity contribution in [3.63, 3.8) is 0 Å². The lowest BCUT2D eigenvalue weighted by atomic mass is 9.92. The van der Waals surface area contributed by atoms with Gasteiger partial charge in [-0.15, -0.1) is 11.3 Å². The summed E-state index contributed by atoms with van der Waals surface area (Å²) in [5.74, 6) is -1.43. The molecule has 0 aliphatic heterocycles. The van der Waals surface area contributed by atoms with E-state index >= 15 is 0 Å². The number of rotatable bonds is 18. The Hall–Kier alpha value is -5.24. The zero-order chi connectivity index (χ0) is 41.3. The molecule has 2 atom stereocenters. The first-order chi connectivity index (χ1) is 27.1. The van der Waals surface area contributed by atoms with Crippen molar-refractivity contribution in [3.8, 4) is 28.3 Å². The predicted octanol–water partition coefficient (Wildman–Crippen LogP) is 8.19. The van der Waals surface area contributed by atoms with E-state index in [9.17, 15) is 27.9 Å². The first-order valence-electron chi connectivity index (χ1n) is 18.9. The van der Waals surface area contributed by atoms with E-state index in [-0.39, 0.29) is 35.5 Å². The van der Waals surface area contributed by atoms with E-state index in [1.165, 1.54) is 22.6 Å². The molecule has 0 saturated carbocycles. The number of hydrogen-bond acceptors (Lipinski definition) is 9. The lowest BCUT2D eigenvalue weighted by Gasteiger charge is -2.22. The van der Waals surface area contributed by atoms with E-state index in [0.29, 0.717) is 23.0 Å². The number of unbranched alkanes of at least 4 members (excludes halogenated alkanes) is 1. The van der Waals surface area contributed by atoms with Gasteiger partial charge >= 0.3 is 5.97 Å². The molecule has 0 fully saturated rings. The van der Waals surface area contributed by atoms with Gasteiger partial charge in [-0.1, -0.05) is 82.6 Å². The second-order valence-electron chi connectivity index (χ2n) is 15.1. The number of thiophene rings is 1. The number of carboxylic acid groups (broad SMARTS) is 1. The number of methoxy groups -OCH3 is 1. The van der Waals surface area contributed by atoms with Crippen LogP contribution in [-0.4, -0.2) is 65.2 Å². The van der Waals surface area contributed by atoms with Gasteiger partial charge in [-0.3, -0.25) is 14.4 Å². The van der Waals surface area contributed by atoms with Crippen LogP contribution in [0.4, 0.5) is 0 Å². The molecule has 0 aliphatic carbocycles. The first kappa shape index (κ1) is 42.9. The normalized spacial score (nSPS) is 12.9. The molecular weight excluding hydrogens is 761 g/mol. The van der Waals surface area contributed by atoms with Crippen molar-refractivity contribution in [2.75, 3.05) is 13.7 Å². The highest BCUT2D eigenvalue weighted by Gasteiger charge is 2.28. The highest BCUT2D eigenvalue weighted by molar-refractivity contribution is 7.89. The molecule has 1 amide bonds. The van der Waals surface area contributed by atoms with Gasteiger partial charge in [0.05, 0.1) is 16.9 Å². The lowest BCUT2D eigenvalue weighted by molar-refractivity contribution is -0.141. The standard InChI is InChI=1S/C44H50N4O7S2/c1-7-8-23-48(28-31-11-17-36(55-6)18-12-31)57(53,54)37-19-15-32(16-20-37)35-26-45-41(46-27-35)33-13-9-30(10-14-33)24-34(42(50)47-29(2)43(51)52)25-38(49)39-21-22-40(56-39)44(3,4)5/h9-22,26-27,29,34H,7-8,23-25,28H2,1-6H3,(H,47,50)(H,51,52)/t29-,34-/m1/s1. The molecule has 300 valence electrons. The van der Waals surface area contributed by atoms with Gasteiger partial charge in [-0.05, 0) is 78.3 Å². The van der Waals surface area contributed by atoms with Crippen LogP contribution in [0, 0.1) is 5.92 Å². The third kappa shape index (κ3) is 11.2. The summed E-state index contributed by atoms with van der Waals surface area (Å²) in [6.07, 6.45) is 5.12. The number of ether oxygens (including phenoxy) is 1. The maximum absolute atomic E-state index is 13.8. The summed E-state index contributed by atoms with van der Waals surface area (Å²) in [5.41, 5.74) is 3.76. The van der Waals surface area contributed by atoms with E-state index in [1.807, 2.05) is 61.5 Å².